The van der Waals surface area contributed by atoms with Gasteiger partial charge in [-0.25, -0.2) is 9.37 Å². The average Bonchev–Trinajstić information content (AvgIpc) is 2.86. The lowest BCUT2D eigenvalue weighted by molar-refractivity contribution is 0.0300. The minimum Gasteiger partial charge on any atom is -0.384 e. The molecular weight excluding hydrogens is 445 g/mol. The Labute approximate surface area is 208 Å². The SMILES string of the molecule is COC[C@H](C)NC1CCC(Nc2cc(-c3cc(NCC4(C)CCOCC4)ccn3)c(F)cn2)CC1. The molecule has 0 aromatic carbocycles. The second-order valence-corrected chi connectivity index (χ2v) is 10.5. The highest BCUT2D eigenvalue weighted by atomic mass is 19.1. The molecule has 1 saturated heterocycles. The summed E-state index contributed by atoms with van der Waals surface area (Å²) in [6, 6.07) is 6.84. The molecule has 3 heterocycles. The van der Waals surface area contributed by atoms with Gasteiger partial charge in [-0.3, -0.25) is 4.98 Å². The van der Waals surface area contributed by atoms with Crippen LogP contribution in [0.15, 0.2) is 30.6 Å². The van der Waals surface area contributed by atoms with E-state index in [9.17, 15) is 4.39 Å². The lowest BCUT2D eigenvalue weighted by Crippen LogP contribution is -2.42. The molecule has 3 N–H and O–H groups in total. The van der Waals surface area contributed by atoms with Gasteiger partial charge in [0.25, 0.3) is 0 Å². The second kappa shape index (κ2) is 12.1. The van der Waals surface area contributed by atoms with E-state index in [1.54, 1.807) is 19.4 Å². The van der Waals surface area contributed by atoms with Crippen LogP contribution in [0.1, 0.15) is 52.4 Å². The average molecular weight is 486 g/mol. The number of aromatic nitrogens is 2. The maximum Gasteiger partial charge on any atom is 0.151 e. The Morgan fingerprint density at radius 2 is 1.89 bits per heavy atom. The molecule has 2 aliphatic rings. The zero-order valence-corrected chi connectivity index (χ0v) is 21.3. The molecule has 1 atom stereocenters. The van der Waals surface area contributed by atoms with Gasteiger partial charge < -0.3 is 25.4 Å². The molecule has 8 heteroatoms. The van der Waals surface area contributed by atoms with E-state index >= 15 is 0 Å². The van der Waals surface area contributed by atoms with Crippen molar-refractivity contribution in [3.63, 3.8) is 0 Å². The molecule has 0 spiro atoms. The Balaban J connectivity index is 1.36. The fourth-order valence-corrected chi connectivity index (χ4v) is 5.07. The molecule has 0 radical (unpaired) electrons. The van der Waals surface area contributed by atoms with Gasteiger partial charge in [-0.15, -0.1) is 0 Å². The van der Waals surface area contributed by atoms with Gasteiger partial charge in [-0.2, -0.15) is 0 Å². The number of anilines is 2. The van der Waals surface area contributed by atoms with Gasteiger partial charge in [-0.05, 0) is 69.1 Å². The number of nitrogens with zero attached hydrogens (tertiary/aromatic N) is 2. The van der Waals surface area contributed by atoms with Gasteiger partial charge in [0, 0.05) is 62.4 Å². The normalized spacial score (nSPS) is 23.0. The van der Waals surface area contributed by atoms with Crippen LogP contribution in [0.3, 0.4) is 0 Å². The minimum atomic E-state index is -0.364. The molecule has 7 nitrogen and oxygen atoms in total. The summed E-state index contributed by atoms with van der Waals surface area (Å²) in [6.45, 7) is 7.63. The van der Waals surface area contributed by atoms with Crippen molar-refractivity contribution in [2.24, 2.45) is 5.41 Å². The molecule has 0 unspecified atom stereocenters. The van der Waals surface area contributed by atoms with Crippen molar-refractivity contribution in [2.75, 3.05) is 44.1 Å². The van der Waals surface area contributed by atoms with Crippen LogP contribution in [-0.4, -0.2) is 61.6 Å². The highest BCUT2D eigenvalue weighted by Crippen LogP contribution is 2.31. The van der Waals surface area contributed by atoms with E-state index in [2.05, 4.69) is 39.8 Å². The molecule has 0 amide bonds. The quantitative estimate of drug-likeness (QED) is 0.443. The summed E-state index contributed by atoms with van der Waals surface area (Å²) < 4.78 is 25.5. The lowest BCUT2D eigenvalue weighted by atomic mass is 9.82. The Morgan fingerprint density at radius 1 is 1.14 bits per heavy atom. The van der Waals surface area contributed by atoms with E-state index in [1.807, 2.05) is 12.1 Å². The number of halogens is 1. The van der Waals surface area contributed by atoms with E-state index in [1.165, 1.54) is 6.20 Å². The number of pyridine rings is 2. The Kier molecular flexibility index (Phi) is 8.92. The summed E-state index contributed by atoms with van der Waals surface area (Å²) >= 11 is 0. The van der Waals surface area contributed by atoms with Crippen LogP contribution >= 0.6 is 0 Å². The molecule has 4 rings (SSSR count). The second-order valence-electron chi connectivity index (χ2n) is 10.5. The number of hydrogen-bond acceptors (Lipinski definition) is 7. The number of ether oxygens (including phenoxy) is 2. The topological polar surface area (TPSA) is 80.3 Å². The van der Waals surface area contributed by atoms with Crippen molar-refractivity contribution in [2.45, 2.75) is 70.5 Å². The van der Waals surface area contributed by atoms with Crippen LogP contribution in [0.2, 0.25) is 0 Å². The predicted octanol–water partition coefficient (Wildman–Crippen LogP) is 4.86. The highest BCUT2D eigenvalue weighted by molar-refractivity contribution is 5.67. The van der Waals surface area contributed by atoms with E-state index < -0.39 is 0 Å². The smallest absolute Gasteiger partial charge is 0.151 e. The van der Waals surface area contributed by atoms with Crippen molar-refractivity contribution in [3.8, 4) is 11.3 Å². The Hall–Kier alpha value is -2.29. The third-order valence-corrected chi connectivity index (χ3v) is 7.33. The number of methoxy groups -OCH3 is 1. The third kappa shape index (κ3) is 7.35. The molecular formula is C27H40FN5O2. The van der Waals surface area contributed by atoms with Crippen LogP contribution in [0, 0.1) is 11.2 Å². The highest BCUT2D eigenvalue weighted by Gasteiger charge is 2.27. The molecule has 1 saturated carbocycles. The fourth-order valence-electron chi connectivity index (χ4n) is 5.07. The summed E-state index contributed by atoms with van der Waals surface area (Å²) in [6.07, 6.45) is 9.39. The maximum atomic E-state index is 14.8. The third-order valence-electron chi connectivity index (χ3n) is 7.33. The van der Waals surface area contributed by atoms with Crippen molar-refractivity contribution in [1.29, 1.82) is 0 Å². The number of hydrogen-bond donors (Lipinski definition) is 3. The first-order valence-corrected chi connectivity index (χ1v) is 12.9. The van der Waals surface area contributed by atoms with Crippen molar-refractivity contribution < 1.29 is 13.9 Å². The zero-order valence-electron chi connectivity index (χ0n) is 21.3. The zero-order chi connectivity index (χ0) is 24.7. The van der Waals surface area contributed by atoms with Gasteiger partial charge in [-0.1, -0.05) is 6.92 Å². The minimum absolute atomic E-state index is 0.205. The first-order chi connectivity index (χ1) is 16.9. The van der Waals surface area contributed by atoms with Crippen molar-refractivity contribution in [3.05, 3.63) is 36.4 Å². The summed E-state index contributed by atoms with van der Waals surface area (Å²) in [7, 11) is 1.73. The van der Waals surface area contributed by atoms with Gasteiger partial charge in [0.1, 0.15) is 5.82 Å². The molecule has 1 aliphatic carbocycles. The van der Waals surface area contributed by atoms with Gasteiger partial charge in [0.2, 0.25) is 0 Å². The van der Waals surface area contributed by atoms with Crippen molar-refractivity contribution in [1.82, 2.24) is 15.3 Å². The van der Waals surface area contributed by atoms with Crippen LogP contribution in [-0.2, 0) is 9.47 Å². The predicted molar refractivity (Wildman–Crippen MR) is 138 cm³/mol. The summed E-state index contributed by atoms with van der Waals surface area (Å²) in [5.74, 6) is 0.331. The molecule has 192 valence electrons. The van der Waals surface area contributed by atoms with Crippen LogP contribution in [0.5, 0.6) is 0 Å². The van der Waals surface area contributed by atoms with E-state index in [4.69, 9.17) is 9.47 Å². The molecule has 2 fully saturated rings. The molecule has 2 aromatic rings. The fraction of sp³-hybridized carbons (Fsp3) is 0.630. The largest absolute Gasteiger partial charge is 0.384 e. The Bertz CT molecular complexity index is 945. The number of rotatable bonds is 10. The van der Waals surface area contributed by atoms with Crippen LogP contribution in [0.25, 0.3) is 11.3 Å². The summed E-state index contributed by atoms with van der Waals surface area (Å²) in [5, 5.41) is 10.7. The van der Waals surface area contributed by atoms with E-state index in [0.29, 0.717) is 35.2 Å². The van der Waals surface area contributed by atoms with Gasteiger partial charge >= 0.3 is 0 Å². The van der Waals surface area contributed by atoms with Crippen molar-refractivity contribution >= 4 is 11.5 Å². The molecule has 0 bridgehead atoms. The van der Waals surface area contributed by atoms with Crippen LogP contribution in [0.4, 0.5) is 15.9 Å². The lowest BCUT2D eigenvalue weighted by Gasteiger charge is -2.34. The molecule has 2 aromatic heterocycles. The van der Waals surface area contributed by atoms with Gasteiger partial charge in [0.15, 0.2) is 5.82 Å². The van der Waals surface area contributed by atoms with E-state index in [0.717, 1.165) is 70.6 Å². The standard InChI is InChI=1S/C27H40FN5O2/c1-19(17-34-3)32-20-4-6-21(7-5-20)33-26-15-23(24(28)16-30-26)25-14-22(8-11-29-25)31-18-27(2)9-12-35-13-10-27/h8,11,14-16,19-21,32H,4-7,9-10,12-13,17-18H2,1-3H3,(H,29,31)(H,30,33)/t19-,20?,21?/m0/s1. The summed E-state index contributed by atoms with van der Waals surface area (Å²) in [5.41, 5.74) is 2.22. The molecule has 35 heavy (non-hydrogen) atoms. The maximum absolute atomic E-state index is 14.8. The number of nitrogens with one attached hydrogen (secondary N) is 3. The van der Waals surface area contributed by atoms with E-state index in [-0.39, 0.29) is 11.2 Å². The Morgan fingerprint density at radius 3 is 2.63 bits per heavy atom. The molecule has 1 aliphatic heterocycles. The monoisotopic (exact) mass is 485 g/mol. The van der Waals surface area contributed by atoms with Gasteiger partial charge in [0.05, 0.1) is 18.5 Å². The first-order valence-electron chi connectivity index (χ1n) is 12.9. The van der Waals surface area contributed by atoms with Crippen LogP contribution < -0.4 is 16.0 Å². The summed E-state index contributed by atoms with van der Waals surface area (Å²) in [4.78, 5) is 8.75. The first kappa shape index (κ1) is 25.8.